The summed E-state index contributed by atoms with van der Waals surface area (Å²) in [5, 5.41) is 0.459. The highest BCUT2D eigenvalue weighted by molar-refractivity contribution is 7.90. The van der Waals surface area contributed by atoms with E-state index in [4.69, 9.17) is 14.2 Å². The Labute approximate surface area is 185 Å². The number of nitrogens with one attached hydrogen (secondary N) is 1. The van der Waals surface area contributed by atoms with E-state index in [2.05, 4.69) is 28.8 Å². The van der Waals surface area contributed by atoms with E-state index in [0.717, 1.165) is 40.9 Å². The van der Waals surface area contributed by atoms with Gasteiger partial charge in [-0.1, -0.05) is 26.0 Å². The number of imidazole rings is 1. The number of benzene rings is 1. The zero-order chi connectivity index (χ0) is 21.8. The normalized spacial score (nSPS) is 17.7. The lowest BCUT2D eigenvalue weighted by Gasteiger charge is -2.39. The molecule has 1 N–H and O–H groups in total. The molecule has 7 nitrogen and oxygen atoms in total. The molecule has 4 rings (SSSR count). The van der Waals surface area contributed by atoms with Gasteiger partial charge in [-0.15, -0.1) is 0 Å². The Bertz CT molecular complexity index is 978. The van der Waals surface area contributed by atoms with Gasteiger partial charge in [0, 0.05) is 28.9 Å². The van der Waals surface area contributed by atoms with E-state index in [1.54, 1.807) is 6.20 Å². The fourth-order valence-electron chi connectivity index (χ4n) is 3.68. The standard InChI is InChI=1S/C23H29N3O4S/c1-4-23(5-2)29-13-17(14-30-23)12-28-21-10-11-24-20(16(21)3)15-31(27)22-25-18-8-6-7-9-19(18)26-22/h6-11,17H,4-5,12-15H2,1-3H3,(H,25,26). The number of aromatic amines is 1. The van der Waals surface area contributed by atoms with Crippen molar-refractivity contribution in [1.82, 2.24) is 15.0 Å². The quantitative estimate of drug-likeness (QED) is 0.526. The molecule has 0 radical (unpaired) electrons. The molecule has 1 saturated heterocycles. The van der Waals surface area contributed by atoms with Crippen molar-refractivity contribution < 1.29 is 18.8 Å². The number of rotatable bonds is 8. The second-order valence-electron chi connectivity index (χ2n) is 7.85. The summed E-state index contributed by atoms with van der Waals surface area (Å²) in [7, 11) is 0. The third-order valence-electron chi connectivity index (χ3n) is 5.83. The summed E-state index contributed by atoms with van der Waals surface area (Å²) in [6, 6.07) is 9.50. The van der Waals surface area contributed by atoms with Crippen molar-refractivity contribution >= 4 is 22.2 Å². The number of ether oxygens (including phenoxy) is 3. The van der Waals surface area contributed by atoms with Gasteiger partial charge in [0.25, 0.3) is 0 Å². The number of para-hydroxylation sites is 2. The van der Waals surface area contributed by atoms with E-state index < -0.39 is 17.0 Å². The summed E-state index contributed by atoms with van der Waals surface area (Å²) in [5.74, 6) is 0.742. The van der Waals surface area contributed by atoms with Gasteiger partial charge in [-0.25, -0.2) is 0 Å². The van der Waals surface area contributed by atoms with Gasteiger partial charge in [0.1, 0.15) is 5.75 Å². The highest BCUT2D eigenvalue weighted by Crippen LogP contribution is 2.29. The average molecular weight is 444 g/mol. The van der Waals surface area contributed by atoms with E-state index in [-0.39, 0.29) is 11.7 Å². The van der Waals surface area contributed by atoms with E-state index >= 15 is 0 Å². The zero-order valence-corrected chi connectivity index (χ0v) is 19.0. The monoisotopic (exact) mass is 443 g/mol. The van der Waals surface area contributed by atoms with Crippen LogP contribution in [-0.2, 0) is 26.4 Å². The smallest absolute Gasteiger partial charge is 0.322 e. The van der Waals surface area contributed by atoms with Crippen LogP contribution in [0.2, 0.25) is 0 Å². The molecule has 0 bridgehead atoms. The van der Waals surface area contributed by atoms with Crippen molar-refractivity contribution in [3.63, 3.8) is 0 Å². The van der Waals surface area contributed by atoms with Gasteiger partial charge in [-0.3, -0.25) is 9.97 Å². The van der Waals surface area contributed by atoms with Gasteiger partial charge in [0.2, 0.25) is 0 Å². The van der Waals surface area contributed by atoms with Crippen LogP contribution in [0.25, 0.3) is 11.0 Å². The first-order valence-electron chi connectivity index (χ1n) is 10.7. The molecule has 0 saturated carbocycles. The number of hydrogen-bond donors (Lipinski definition) is 1. The zero-order valence-electron chi connectivity index (χ0n) is 18.2. The van der Waals surface area contributed by atoms with E-state index in [1.807, 2.05) is 37.3 Å². The molecule has 2 aromatic heterocycles. The Morgan fingerprint density at radius 3 is 2.65 bits per heavy atom. The van der Waals surface area contributed by atoms with Crippen molar-refractivity contribution in [1.29, 1.82) is 0 Å². The maximum Gasteiger partial charge on any atom is 0.322 e. The average Bonchev–Trinajstić information content (AvgIpc) is 3.25. The van der Waals surface area contributed by atoms with Gasteiger partial charge in [-0.05, 0) is 38.0 Å². The minimum absolute atomic E-state index is 0.173. The molecule has 31 heavy (non-hydrogen) atoms. The lowest BCUT2D eigenvalue weighted by Crippen LogP contribution is -2.44. The van der Waals surface area contributed by atoms with Gasteiger partial charge in [-0.2, -0.15) is 4.98 Å². The lowest BCUT2D eigenvalue weighted by atomic mass is 10.1. The van der Waals surface area contributed by atoms with Crippen molar-refractivity contribution in [2.24, 2.45) is 5.92 Å². The van der Waals surface area contributed by atoms with Crippen LogP contribution >= 0.6 is 0 Å². The third kappa shape index (κ3) is 4.87. The second kappa shape index (κ2) is 9.56. The predicted octanol–water partition coefficient (Wildman–Crippen LogP) is 4.13. The van der Waals surface area contributed by atoms with E-state index in [0.29, 0.717) is 25.0 Å². The molecule has 1 unspecified atom stereocenters. The number of aromatic nitrogens is 3. The summed E-state index contributed by atoms with van der Waals surface area (Å²) in [4.78, 5) is 12.0. The fraction of sp³-hybridized carbons (Fsp3) is 0.478. The van der Waals surface area contributed by atoms with Crippen LogP contribution < -0.4 is 4.74 Å². The van der Waals surface area contributed by atoms with Crippen molar-refractivity contribution in [3.8, 4) is 5.75 Å². The molecule has 1 aliphatic heterocycles. The first-order valence-corrected chi connectivity index (χ1v) is 12.0. The van der Waals surface area contributed by atoms with Gasteiger partial charge in [0.05, 0.1) is 36.5 Å². The Balaban J connectivity index is 1.38. The molecule has 3 aromatic rings. The molecule has 1 atom stereocenters. The first-order chi connectivity index (χ1) is 15.0. The molecule has 1 aromatic carbocycles. The summed E-state index contributed by atoms with van der Waals surface area (Å²) < 4.78 is 30.9. The van der Waals surface area contributed by atoms with Gasteiger partial charge >= 0.3 is 5.16 Å². The molecule has 3 heterocycles. The van der Waals surface area contributed by atoms with Crippen molar-refractivity contribution in [2.75, 3.05) is 19.8 Å². The van der Waals surface area contributed by atoms with E-state index in [9.17, 15) is 4.55 Å². The summed E-state index contributed by atoms with van der Waals surface area (Å²) in [6.45, 7) is 7.85. The van der Waals surface area contributed by atoms with Crippen LogP contribution in [0.1, 0.15) is 37.9 Å². The number of fused-ring (bicyclic) bond motifs is 1. The largest absolute Gasteiger partial charge is 0.609 e. The molecular formula is C23H29N3O4S. The van der Waals surface area contributed by atoms with Crippen LogP contribution in [0, 0.1) is 12.8 Å². The number of H-pyrrole nitrogens is 1. The van der Waals surface area contributed by atoms with Crippen LogP contribution in [0.4, 0.5) is 0 Å². The maximum absolute atomic E-state index is 12.9. The Morgan fingerprint density at radius 1 is 1.19 bits per heavy atom. The predicted molar refractivity (Wildman–Crippen MR) is 119 cm³/mol. The topological polar surface area (TPSA) is 92.3 Å². The van der Waals surface area contributed by atoms with Crippen LogP contribution in [0.5, 0.6) is 5.75 Å². The number of nitrogens with zero attached hydrogens (tertiary/aromatic N) is 2. The summed E-state index contributed by atoms with van der Waals surface area (Å²) >= 11 is -1.33. The van der Waals surface area contributed by atoms with Crippen LogP contribution in [-0.4, -0.2) is 45.1 Å². The second-order valence-corrected chi connectivity index (χ2v) is 9.21. The molecule has 0 aliphatic carbocycles. The number of pyridine rings is 1. The van der Waals surface area contributed by atoms with Gasteiger partial charge < -0.3 is 18.8 Å². The van der Waals surface area contributed by atoms with Crippen LogP contribution in [0.3, 0.4) is 0 Å². The van der Waals surface area contributed by atoms with Crippen molar-refractivity contribution in [3.05, 3.63) is 47.8 Å². The molecular weight excluding hydrogens is 414 g/mol. The summed E-state index contributed by atoms with van der Waals surface area (Å²) in [6.07, 6.45) is 3.37. The third-order valence-corrected chi connectivity index (χ3v) is 6.99. The SMILES string of the molecule is CCC1(CC)OCC(COc2ccnc(C[S+]([O-])c3nc4ccccc4[nH]3)c2C)CO1. The van der Waals surface area contributed by atoms with Crippen LogP contribution in [0.15, 0.2) is 41.7 Å². The van der Waals surface area contributed by atoms with E-state index in [1.165, 1.54) is 0 Å². The molecule has 1 aliphatic rings. The number of hydrogen-bond acceptors (Lipinski definition) is 6. The van der Waals surface area contributed by atoms with Crippen molar-refractivity contribution in [2.45, 2.75) is 50.3 Å². The lowest BCUT2D eigenvalue weighted by molar-refractivity contribution is -0.287. The Kier molecular flexibility index (Phi) is 6.81. The molecule has 0 amide bonds. The van der Waals surface area contributed by atoms with Gasteiger partial charge in [0.15, 0.2) is 11.5 Å². The minimum atomic E-state index is -1.33. The molecule has 0 spiro atoms. The first kappa shape index (κ1) is 22.1. The fourth-order valence-corrected chi connectivity index (χ4v) is 4.78. The Morgan fingerprint density at radius 2 is 1.94 bits per heavy atom. The highest BCUT2D eigenvalue weighted by atomic mass is 32.2. The Hall–Kier alpha value is -2.13. The molecule has 1 fully saturated rings. The molecule has 8 heteroatoms. The maximum atomic E-state index is 12.9. The minimum Gasteiger partial charge on any atom is -0.609 e. The highest BCUT2D eigenvalue weighted by Gasteiger charge is 2.34. The molecule has 166 valence electrons. The summed E-state index contributed by atoms with van der Waals surface area (Å²) in [5.41, 5.74) is 3.31.